The van der Waals surface area contributed by atoms with Gasteiger partial charge in [0.1, 0.15) is 11.4 Å². The number of carbonyl (C=O) groups excluding carboxylic acids is 1. The first-order valence-electron chi connectivity index (χ1n) is 9.63. The van der Waals surface area contributed by atoms with E-state index in [0.29, 0.717) is 16.4 Å². The number of fused-ring (bicyclic) bond motifs is 1. The highest BCUT2D eigenvalue weighted by atomic mass is 32.1. The summed E-state index contributed by atoms with van der Waals surface area (Å²) in [6, 6.07) is 9.92. The molecular weight excluding hydrogens is 398 g/mol. The van der Waals surface area contributed by atoms with Crippen LogP contribution < -0.4 is 10.1 Å². The van der Waals surface area contributed by atoms with E-state index >= 15 is 0 Å². The zero-order chi connectivity index (χ0) is 21.4. The van der Waals surface area contributed by atoms with Gasteiger partial charge in [0.2, 0.25) is 5.91 Å². The molecule has 7 heteroatoms. The normalized spacial score (nSPS) is 11.1. The lowest BCUT2D eigenvalue weighted by Gasteiger charge is -2.06. The van der Waals surface area contributed by atoms with Gasteiger partial charge in [-0.25, -0.2) is 4.98 Å². The number of aryl methyl sites for hydroxylation is 4. The summed E-state index contributed by atoms with van der Waals surface area (Å²) in [6.45, 7) is 8.05. The van der Waals surface area contributed by atoms with Crippen molar-refractivity contribution in [3.63, 3.8) is 0 Å². The average molecular weight is 422 g/mol. The van der Waals surface area contributed by atoms with Crippen LogP contribution in [0.15, 0.2) is 34.9 Å². The number of rotatable bonds is 5. The molecule has 4 aromatic rings. The summed E-state index contributed by atoms with van der Waals surface area (Å²) in [5, 5.41) is 8.44. The Hall–Kier alpha value is -3.19. The van der Waals surface area contributed by atoms with E-state index in [-0.39, 0.29) is 12.3 Å². The number of ether oxygens (including phenoxy) is 1. The van der Waals surface area contributed by atoms with Crippen molar-refractivity contribution in [3.05, 3.63) is 57.6 Å². The number of methoxy groups -OCH3 is 1. The number of amides is 1. The molecule has 2 aromatic carbocycles. The Labute approximate surface area is 178 Å². The first kappa shape index (κ1) is 20.1. The molecular formula is C23H23N3O3S. The van der Waals surface area contributed by atoms with Crippen LogP contribution in [0.1, 0.15) is 27.3 Å². The minimum atomic E-state index is -0.172. The monoisotopic (exact) mass is 421 g/mol. The van der Waals surface area contributed by atoms with E-state index in [4.69, 9.17) is 9.26 Å². The van der Waals surface area contributed by atoms with Gasteiger partial charge in [-0.05, 0) is 74.7 Å². The molecule has 2 aromatic heterocycles. The topological polar surface area (TPSA) is 77.2 Å². The van der Waals surface area contributed by atoms with E-state index in [1.807, 2.05) is 58.0 Å². The van der Waals surface area contributed by atoms with Crippen LogP contribution in [0.5, 0.6) is 5.75 Å². The second kappa shape index (κ2) is 7.91. The molecule has 1 amide bonds. The summed E-state index contributed by atoms with van der Waals surface area (Å²) in [5.41, 5.74) is 6.50. The zero-order valence-corrected chi connectivity index (χ0v) is 18.4. The third kappa shape index (κ3) is 3.80. The van der Waals surface area contributed by atoms with Gasteiger partial charge in [0.05, 0.1) is 19.2 Å². The minimum Gasteiger partial charge on any atom is -0.496 e. The molecule has 0 bridgehead atoms. The fraction of sp³-hybridized carbons (Fsp3) is 0.261. The van der Waals surface area contributed by atoms with E-state index in [0.717, 1.165) is 44.0 Å². The lowest BCUT2D eigenvalue weighted by molar-refractivity contribution is -0.115. The molecule has 6 nitrogen and oxygen atoms in total. The summed E-state index contributed by atoms with van der Waals surface area (Å²) in [7, 11) is 1.66. The standard InChI is InChI=1S/C23H23N3O3S/c1-12-9-17-18(26-29-20(17)10-13(12)2)11-21(27)24-23-25-22(15(4)30-23)16-6-7-19(28-5)14(3)8-16/h6-10H,11H2,1-5H3,(H,24,25,27). The van der Waals surface area contributed by atoms with Crippen molar-refractivity contribution in [1.29, 1.82) is 0 Å². The molecule has 4 rings (SSSR count). The van der Waals surface area contributed by atoms with Crippen molar-refractivity contribution in [2.45, 2.75) is 34.1 Å². The van der Waals surface area contributed by atoms with Gasteiger partial charge in [0, 0.05) is 15.8 Å². The van der Waals surface area contributed by atoms with Gasteiger partial charge < -0.3 is 14.6 Å². The minimum absolute atomic E-state index is 0.130. The van der Waals surface area contributed by atoms with Gasteiger partial charge in [0.15, 0.2) is 10.7 Å². The van der Waals surface area contributed by atoms with E-state index in [1.54, 1.807) is 7.11 Å². The van der Waals surface area contributed by atoms with Gasteiger partial charge >= 0.3 is 0 Å². The Kier molecular flexibility index (Phi) is 5.30. The van der Waals surface area contributed by atoms with E-state index < -0.39 is 0 Å². The van der Waals surface area contributed by atoms with Gasteiger partial charge in [-0.1, -0.05) is 5.16 Å². The number of nitrogens with one attached hydrogen (secondary N) is 1. The maximum Gasteiger partial charge on any atom is 0.232 e. The molecule has 0 radical (unpaired) electrons. The molecule has 0 fully saturated rings. The van der Waals surface area contributed by atoms with Gasteiger partial charge in [0.25, 0.3) is 0 Å². The molecule has 1 N–H and O–H groups in total. The van der Waals surface area contributed by atoms with Crippen LogP contribution in [0.4, 0.5) is 5.13 Å². The van der Waals surface area contributed by atoms with Gasteiger partial charge in [-0.3, -0.25) is 4.79 Å². The van der Waals surface area contributed by atoms with Crippen molar-refractivity contribution in [3.8, 4) is 17.0 Å². The smallest absolute Gasteiger partial charge is 0.232 e. The Morgan fingerprint density at radius 2 is 1.87 bits per heavy atom. The van der Waals surface area contributed by atoms with Crippen molar-refractivity contribution in [2.24, 2.45) is 0 Å². The second-order valence-electron chi connectivity index (χ2n) is 7.40. The highest BCUT2D eigenvalue weighted by Crippen LogP contribution is 2.33. The molecule has 0 saturated carbocycles. The number of thiazole rings is 1. The van der Waals surface area contributed by atoms with Crippen LogP contribution in [0, 0.1) is 27.7 Å². The van der Waals surface area contributed by atoms with E-state index in [1.165, 1.54) is 11.3 Å². The molecule has 0 saturated heterocycles. The third-order valence-corrected chi connectivity index (χ3v) is 6.09. The van der Waals surface area contributed by atoms with Crippen LogP contribution >= 0.6 is 11.3 Å². The number of hydrogen-bond donors (Lipinski definition) is 1. The maximum absolute atomic E-state index is 12.6. The summed E-state index contributed by atoms with van der Waals surface area (Å²) in [6.07, 6.45) is 0.130. The molecule has 0 atom stereocenters. The number of carbonyl (C=O) groups is 1. The van der Waals surface area contributed by atoms with Gasteiger partial charge in [-0.15, -0.1) is 11.3 Å². The maximum atomic E-state index is 12.6. The predicted molar refractivity (Wildman–Crippen MR) is 119 cm³/mol. The summed E-state index contributed by atoms with van der Waals surface area (Å²) < 4.78 is 10.7. The molecule has 0 unspecified atom stereocenters. The summed E-state index contributed by atoms with van der Waals surface area (Å²) in [5.74, 6) is 0.667. The van der Waals surface area contributed by atoms with Crippen molar-refractivity contribution < 1.29 is 14.1 Å². The zero-order valence-electron chi connectivity index (χ0n) is 17.6. The third-order valence-electron chi connectivity index (χ3n) is 5.20. The van der Waals surface area contributed by atoms with E-state index in [2.05, 4.69) is 15.5 Å². The van der Waals surface area contributed by atoms with Crippen molar-refractivity contribution in [1.82, 2.24) is 10.1 Å². The lowest BCUT2D eigenvalue weighted by atomic mass is 10.1. The largest absolute Gasteiger partial charge is 0.496 e. The fourth-order valence-electron chi connectivity index (χ4n) is 3.43. The van der Waals surface area contributed by atoms with Crippen molar-refractivity contribution >= 4 is 33.3 Å². The highest BCUT2D eigenvalue weighted by molar-refractivity contribution is 7.16. The quantitative estimate of drug-likeness (QED) is 0.468. The summed E-state index contributed by atoms with van der Waals surface area (Å²) in [4.78, 5) is 18.3. The molecule has 30 heavy (non-hydrogen) atoms. The Balaban J connectivity index is 1.53. The number of anilines is 1. The summed E-state index contributed by atoms with van der Waals surface area (Å²) >= 11 is 1.46. The molecule has 0 aliphatic rings. The first-order valence-corrected chi connectivity index (χ1v) is 10.4. The molecule has 154 valence electrons. The van der Waals surface area contributed by atoms with Crippen LogP contribution in [0.3, 0.4) is 0 Å². The number of benzene rings is 2. The molecule has 0 aliphatic carbocycles. The van der Waals surface area contributed by atoms with Crippen LogP contribution in [0.25, 0.3) is 22.2 Å². The molecule has 0 aliphatic heterocycles. The van der Waals surface area contributed by atoms with Crippen molar-refractivity contribution in [2.75, 3.05) is 12.4 Å². The Morgan fingerprint density at radius 3 is 2.60 bits per heavy atom. The molecule has 0 spiro atoms. The van der Waals surface area contributed by atoms with Crippen LogP contribution in [-0.2, 0) is 11.2 Å². The Morgan fingerprint density at radius 1 is 1.10 bits per heavy atom. The lowest BCUT2D eigenvalue weighted by Crippen LogP contribution is -2.14. The SMILES string of the molecule is COc1ccc(-c2nc(NC(=O)Cc3noc4cc(C)c(C)cc34)sc2C)cc1C. The fourth-order valence-corrected chi connectivity index (χ4v) is 4.28. The number of aromatic nitrogens is 2. The van der Waals surface area contributed by atoms with Crippen LogP contribution in [-0.4, -0.2) is 23.2 Å². The van der Waals surface area contributed by atoms with Crippen LogP contribution in [0.2, 0.25) is 0 Å². The Bertz CT molecular complexity index is 1260. The number of hydrogen-bond acceptors (Lipinski definition) is 6. The second-order valence-corrected chi connectivity index (χ2v) is 8.60. The number of nitrogens with zero attached hydrogens (tertiary/aromatic N) is 2. The molecule has 2 heterocycles. The predicted octanol–water partition coefficient (Wildman–Crippen LogP) is 5.37. The highest BCUT2D eigenvalue weighted by Gasteiger charge is 2.17. The van der Waals surface area contributed by atoms with Gasteiger partial charge in [-0.2, -0.15) is 0 Å². The first-order chi connectivity index (χ1) is 14.4. The average Bonchev–Trinajstić information content (AvgIpc) is 3.25. The van der Waals surface area contributed by atoms with E-state index in [9.17, 15) is 4.79 Å².